The summed E-state index contributed by atoms with van der Waals surface area (Å²) >= 11 is 11.7. The van der Waals surface area contributed by atoms with E-state index in [1.54, 1.807) is 24.3 Å². The Morgan fingerprint density at radius 2 is 2.04 bits per heavy atom. The van der Waals surface area contributed by atoms with Gasteiger partial charge in [-0.2, -0.15) is 0 Å². The Hall–Kier alpha value is -2.57. The molecular formula is C18H14Cl2N2O4. The highest BCUT2D eigenvalue weighted by Gasteiger charge is 2.25. The molecule has 134 valence electrons. The highest BCUT2D eigenvalue weighted by Crippen LogP contribution is 2.33. The smallest absolute Gasteiger partial charge is 0.269 e. The standard InChI is InChI=1S/C18H14Cl2N2O4/c1-2-5-22-14-6-11(3-4-16(14)26-10-17(22)24)15(23)9-21-8-12(19)7-13(20)18(21)25/h2-4,6-8H,1,5,9-10H2. The predicted molar refractivity (Wildman–Crippen MR) is 99.5 cm³/mol. The Balaban J connectivity index is 1.93. The molecule has 3 rings (SSSR count). The van der Waals surface area contributed by atoms with E-state index in [2.05, 4.69) is 6.58 Å². The van der Waals surface area contributed by atoms with Crippen LogP contribution < -0.4 is 15.2 Å². The zero-order chi connectivity index (χ0) is 18.8. The second-order valence-corrected chi connectivity index (χ2v) is 6.47. The molecule has 1 aromatic carbocycles. The van der Waals surface area contributed by atoms with E-state index in [4.69, 9.17) is 27.9 Å². The molecule has 26 heavy (non-hydrogen) atoms. The molecule has 8 heteroatoms. The molecule has 6 nitrogen and oxygen atoms in total. The van der Waals surface area contributed by atoms with E-state index < -0.39 is 5.56 Å². The number of hydrogen-bond acceptors (Lipinski definition) is 4. The molecule has 0 atom stereocenters. The van der Waals surface area contributed by atoms with E-state index >= 15 is 0 Å². The topological polar surface area (TPSA) is 68.6 Å². The van der Waals surface area contributed by atoms with Crippen molar-refractivity contribution in [2.75, 3.05) is 18.1 Å². The Morgan fingerprint density at radius 1 is 1.27 bits per heavy atom. The number of ketones is 1. The van der Waals surface area contributed by atoms with Crippen molar-refractivity contribution in [1.29, 1.82) is 0 Å². The van der Waals surface area contributed by atoms with Crippen LogP contribution in [0.3, 0.4) is 0 Å². The van der Waals surface area contributed by atoms with Gasteiger partial charge in [0.1, 0.15) is 10.8 Å². The molecule has 0 saturated heterocycles. The van der Waals surface area contributed by atoms with Crippen LogP contribution in [0.15, 0.2) is 47.9 Å². The van der Waals surface area contributed by atoms with Crippen molar-refractivity contribution in [3.05, 3.63) is 69.1 Å². The van der Waals surface area contributed by atoms with Gasteiger partial charge in [-0.1, -0.05) is 29.3 Å². The number of pyridine rings is 1. The first-order chi connectivity index (χ1) is 12.4. The Labute approximate surface area is 159 Å². The van der Waals surface area contributed by atoms with Gasteiger partial charge < -0.3 is 14.2 Å². The number of halogens is 2. The van der Waals surface area contributed by atoms with Crippen molar-refractivity contribution in [2.45, 2.75) is 6.54 Å². The summed E-state index contributed by atoms with van der Waals surface area (Å²) in [6.45, 7) is 3.65. The fourth-order valence-electron chi connectivity index (χ4n) is 2.63. The van der Waals surface area contributed by atoms with Crippen molar-refractivity contribution in [3.63, 3.8) is 0 Å². The first kappa shape index (κ1) is 18.2. The number of ether oxygens (including phenoxy) is 1. The summed E-state index contributed by atoms with van der Waals surface area (Å²) in [5.41, 5.74) is 0.316. The van der Waals surface area contributed by atoms with E-state index in [-0.39, 0.29) is 34.9 Å². The third-order valence-electron chi connectivity index (χ3n) is 3.86. The minimum Gasteiger partial charge on any atom is -0.482 e. The zero-order valence-electron chi connectivity index (χ0n) is 13.6. The average molecular weight is 393 g/mol. The number of amides is 1. The summed E-state index contributed by atoms with van der Waals surface area (Å²) in [7, 11) is 0. The van der Waals surface area contributed by atoms with Gasteiger partial charge in [0.05, 0.1) is 17.3 Å². The van der Waals surface area contributed by atoms with Crippen LogP contribution in [0, 0.1) is 0 Å². The summed E-state index contributed by atoms with van der Waals surface area (Å²) in [5.74, 6) is -0.0457. The van der Waals surface area contributed by atoms with Gasteiger partial charge in [-0.3, -0.25) is 14.4 Å². The Morgan fingerprint density at radius 3 is 2.77 bits per heavy atom. The van der Waals surface area contributed by atoms with Gasteiger partial charge in [0, 0.05) is 18.3 Å². The van der Waals surface area contributed by atoms with Crippen molar-refractivity contribution >= 4 is 40.6 Å². The molecule has 0 bridgehead atoms. The minimum absolute atomic E-state index is 0.0631. The maximum Gasteiger partial charge on any atom is 0.269 e. The summed E-state index contributed by atoms with van der Waals surface area (Å²) in [5, 5.41) is 0.191. The van der Waals surface area contributed by atoms with Gasteiger partial charge in [0.25, 0.3) is 11.5 Å². The number of aromatic nitrogens is 1. The molecule has 2 heterocycles. The lowest BCUT2D eigenvalue weighted by Gasteiger charge is -2.28. The summed E-state index contributed by atoms with van der Waals surface area (Å²) in [6, 6.07) is 6.09. The van der Waals surface area contributed by atoms with Gasteiger partial charge >= 0.3 is 0 Å². The van der Waals surface area contributed by atoms with Gasteiger partial charge in [-0.25, -0.2) is 0 Å². The van der Waals surface area contributed by atoms with Crippen molar-refractivity contribution in [3.8, 4) is 5.75 Å². The number of rotatable bonds is 5. The van der Waals surface area contributed by atoms with E-state index in [0.717, 1.165) is 4.57 Å². The minimum atomic E-state index is -0.505. The number of hydrogen-bond donors (Lipinski definition) is 0. The first-order valence-electron chi connectivity index (χ1n) is 7.67. The molecule has 1 aliphatic heterocycles. The molecule has 0 aliphatic carbocycles. The quantitative estimate of drug-likeness (QED) is 0.579. The number of nitrogens with zero attached hydrogens (tertiary/aromatic N) is 2. The molecule has 1 aliphatic rings. The van der Waals surface area contributed by atoms with Crippen LogP contribution in [-0.4, -0.2) is 29.4 Å². The van der Waals surface area contributed by atoms with Gasteiger partial charge in [-0.05, 0) is 24.3 Å². The maximum absolute atomic E-state index is 12.6. The van der Waals surface area contributed by atoms with E-state index in [9.17, 15) is 14.4 Å². The number of benzene rings is 1. The van der Waals surface area contributed by atoms with Gasteiger partial charge in [0.15, 0.2) is 12.4 Å². The van der Waals surface area contributed by atoms with Gasteiger partial charge in [0.2, 0.25) is 0 Å². The van der Waals surface area contributed by atoms with Crippen molar-refractivity contribution < 1.29 is 14.3 Å². The van der Waals surface area contributed by atoms with Gasteiger partial charge in [-0.15, -0.1) is 6.58 Å². The summed E-state index contributed by atoms with van der Waals surface area (Å²) in [6.07, 6.45) is 2.94. The number of carbonyl (C=O) groups is 2. The molecule has 0 N–H and O–H groups in total. The highest BCUT2D eigenvalue weighted by molar-refractivity contribution is 6.34. The van der Waals surface area contributed by atoms with E-state index in [0.29, 0.717) is 23.5 Å². The van der Waals surface area contributed by atoms with Crippen LogP contribution in [0.1, 0.15) is 10.4 Å². The van der Waals surface area contributed by atoms with Crippen LogP contribution >= 0.6 is 23.2 Å². The lowest BCUT2D eigenvalue weighted by molar-refractivity contribution is -0.121. The monoisotopic (exact) mass is 392 g/mol. The Kier molecular flexibility index (Phi) is 5.15. The largest absolute Gasteiger partial charge is 0.482 e. The fraction of sp³-hybridized carbons (Fsp3) is 0.167. The van der Waals surface area contributed by atoms with Crippen molar-refractivity contribution in [1.82, 2.24) is 4.57 Å². The first-order valence-corrected chi connectivity index (χ1v) is 8.43. The van der Waals surface area contributed by atoms with Crippen LogP contribution in [0.5, 0.6) is 5.75 Å². The van der Waals surface area contributed by atoms with Crippen molar-refractivity contribution in [2.24, 2.45) is 0 Å². The number of anilines is 1. The second-order valence-electron chi connectivity index (χ2n) is 5.63. The third kappa shape index (κ3) is 3.52. The molecule has 1 amide bonds. The van der Waals surface area contributed by atoms with Crippen LogP contribution in [0.25, 0.3) is 0 Å². The molecule has 0 radical (unpaired) electrons. The van der Waals surface area contributed by atoms with Crippen LogP contribution in [0.2, 0.25) is 10.0 Å². The van der Waals surface area contributed by atoms with E-state index in [1.165, 1.54) is 17.2 Å². The highest BCUT2D eigenvalue weighted by atomic mass is 35.5. The number of Topliss-reactive ketones (excluding diaryl/α,β-unsaturated/α-hetero) is 1. The zero-order valence-corrected chi connectivity index (χ0v) is 15.1. The Bertz CT molecular complexity index is 968. The molecule has 0 fully saturated rings. The predicted octanol–water partition coefficient (Wildman–Crippen LogP) is 2.95. The number of fused-ring (bicyclic) bond motifs is 1. The molecule has 0 unspecified atom stereocenters. The second kappa shape index (κ2) is 7.35. The number of carbonyl (C=O) groups excluding carboxylic acids is 2. The lowest BCUT2D eigenvalue weighted by atomic mass is 10.1. The fourth-order valence-corrected chi connectivity index (χ4v) is 3.14. The molecule has 1 aromatic heterocycles. The summed E-state index contributed by atoms with van der Waals surface area (Å²) in [4.78, 5) is 38.2. The normalized spacial score (nSPS) is 13.2. The molecular weight excluding hydrogens is 379 g/mol. The molecule has 2 aromatic rings. The molecule has 0 spiro atoms. The van der Waals surface area contributed by atoms with E-state index in [1.807, 2.05) is 0 Å². The average Bonchev–Trinajstić information content (AvgIpc) is 2.61. The SMILES string of the molecule is C=CCN1C(=O)COc2ccc(C(=O)Cn3cc(Cl)cc(Cl)c3=O)cc21. The van der Waals surface area contributed by atoms with Crippen LogP contribution in [-0.2, 0) is 11.3 Å². The van der Waals surface area contributed by atoms with Crippen LogP contribution in [0.4, 0.5) is 5.69 Å². The lowest BCUT2D eigenvalue weighted by Crippen LogP contribution is -2.39. The maximum atomic E-state index is 12.6. The third-order valence-corrected chi connectivity index (χ3v) is 4.34. The summed E-state index contributed by atoms with van der Waals surface area (Å²) < 4.78 is 6.54. The molecule has 0 saturated carbocycles.